The van der Waals surface area contributed by atoms with Gasteiger partial charge in [-0.2, -0.15) is 0 Å². The van der Waals surface area contributed by atoms with E-state index < -0.39 is 4.92 Å². The molecule has 0 atom stereocenters. The number of amides is 1. The van der Waals surface area contributed by atoms with E-state index in [2.05, 4.69) is 21.2 Å². The zero-order valence-electron chi connectivity index (χ0n) is 15.4. The molecule has 0 saturated heterocycles. The number of ether oxygens (including phenoxy) is 2. The van der Waals surface area contributed by atoms with Crippen LogP contribution < -0.4 is 14.8 Å². The zero-order chi connectivity index (χ0) is 20.0. The van der Waals surface area contributed by atoms with Crippen molar-refractivity contribution >= 4 is 33.2 Å². The van der Waals surface area contributed by atoms with Crippen LogP contribution in [0.15, 0.2) is 34.8 Å². The number of carbonyl (C=O) groups is 1. The fourth-order valence-electron chi connectivity index (χ4n) is 2.57. The van der Waals surface area contributed by atoms with Crippen molar-refractivity contribution in [3.63, 3.8) is 0 Å². The molecule has 0 aliphatic rings. The highest BCUT2D eigenvalue weighted by Crippen LogP contribution is 2.34. The predicted molar refractivity (Wildman–Crippen MR) is 107 cm³/mol. The second-order valence-corrected chi connectivity index (χ2v) is 6.54. The first kappa shape index (κ1) is 20.7. The zero-order valence-corrected chi connectivity index (χ0v) is 17.0. The monoisotopic (exact) mass is 436 g/mol. The largest absolute Gasteiger partial charge is 0.490 e. The summed E-state index contributed by atoms with van der Waals surface area (Å²) < 4.78 is 11.9. The Morgan fingerprint density at radius 1 is 1.19 bits per heavy atom. The van der Waals surface area contributed by atoms with Crippen LogP contribution in [0.25, 0.3) is 0 Å². The van der Waals surface area contributed by atoms with E-state index >= 15 is 0 Å². The van der Waals surface area contributed by atoms with Crippen LogP contribution in [-0.2, 0) is 11.2 Å². The fraction of sp³-hybridized carbons (Fsp3) is 0.316. The summed E-state index contributed by atoms with van der Waals surface area (Å²) in [4.78, 5) is 23.0. The molecule has 0 aliphatic heterocycles. The van der Waals surface area contributed by atoms with Crippen LogP contribution in [0.3, 0.4) is 0 Å². The third-order valence-corrected chi connectivity index (χ3v) is 4.58. The minimum atomic E-state index is -0.470. The van der Waals surface area contributed by atoms with Gasteiger partial charge in [0.15, 0.2) is 11.5 Å². The summed E-state index contributed by atoms with van der Waals surface area (Å²) in [7, 11) is 0. The standard InChI is InChI=1S/C19H21BrN2O5/c1-4-26-17-9-13(14(20)11-18(17)27-5-2)10-19(23)21-15-7-6-8-16(12(15)3)22(24)25/h6-9,11H,4-5,10H2,1-3H3,(H,21,23). The second kappa shape index (κ2) is 9.36. The van der Waals surface area contributed by atoms with Gasteiger partial charge in [0.05, 0.1) is 35.8 Å². The molecular weight excluding hydrogens is 416 g/mol. The van der Waals surface area contributed by atoms with Crippen LogP contribution in [0, 0.1) is 17.0 Å². The predicted octanol–water partition coefficient (Wildman–Crippen LogP) is 4.64. The van der Waals surface area contributed by atoms with Crippen molar-refractivity contribution in [1.82, 2.24) is 0 Å². The summed E-state index contributed by atoms with van der Waals surface area (Å²) in [6.07, 6.45) is 0.0786. The van der Waals surface area contributed by atoms with Gasteiger partial charge in [-0.25, -0.2) is 0 Å². The minimum absolute atomic E-state index is 0.0336. The van der Waals surface area contributed by atoms with E-state index in [1.807, 2.05) is 13.8 Å². The first-order chi connectivity index (χ1) is 12.9. The van der Waals surface area contributed by atoms with Crippen LogP contribution >= 0.6 is 15.9 Å². The molecule has 0 aromatic heterocycles. The van der Waals surface area contributed by atoms with Crippen LogP contribution in [0.2, 0.25) is 0 Å². The molecule has 1 N–H and O–H groups in total. The van der Waals surface area contributed by atoms with Crippen molar-refractivity contribution in [2.24, 2.45) is 0 Å². The number of nitro groups is 1. The highest BCUT2D eigenvalue weighted by atomic mass is 79.9. The van der Waals surface area contributed by atoms with Gasteiger partial charge in [-0.3, -0.25) is 14.9 Å². The van der Waals surface area contributed by atoms with Crippen LogP contribution in [-0.4, -0.2) is 24.0 Å². The average Bonchev–Trinajstić information content (AvgIpc) is 2.60. The molecule has 2 rings (SSSR count). The van der Waals surface area contributed by atoms with E-state index in [0.717, 1.165) is 10.0 Å². The quantitative estimate of drug-likeness (QED) is 0.480. The summed E-state index contributed by atoms with van der Waals surface area (Å²) in [6.45, 7) is 6.33. The molecule has 1 amide bonds. The Labute approximate surface area is 166 Å². The maximum Gasteiger partial charge on any atom is 0.274 e. The Balaban J connectivity index is 2.22. The third kappa shape index (κ3) is 5.19. The number of benzene rings is 2. The first-order valence-corrected chi connectivity index (χ1v) is 9.28. The molecule has 27 heavy (non-hydrogen) atoms. The summed E-state index contributed by atoms with van der Waals surface area (Å²) in [5.74, 6) is 0.882. The SMILES string of the molecule is CCOc1cc(Br)c(CC(=O)Nc2cccc([N+](=O)[O-])c2C)cc1OCC. The number of hydrogen-bond donors (Lipinski definition) is 1. The van der Waals surface area contributed by atoms with Crippen molar-refractivity contribution in [1.29, 1.82) is 0 Å². The Morgan fingerprint density at radius 2 is 1.81 bits per heavy atom. The number of carbonyl (C=O) groups excluding carboxylic acids is 1. The average molecular weight is 437 g/mol. The van der Waals surface area contributed by atoms with Gasteiger partial charge in [0, 0.05) is 10.5 Å². The Kier molecular flexibility index (Phi) is 7.18. The second-order valence-electron chi connectivity index (χ2n) is 5.69. The first-order valence-electron chi connectivity index (χ1n) is 8.49. The van der Waals surface area contributed by atoms with Gasteiger partial charge in [-0.05, 0) is 44.5 Å². The molecular formula is C19H21BrN2O5. The van der Waals surface area contributed by atoms with E-state index in [0.29, 0.717) is 36.0 Å². The molecule has 2 aromatic carbocycles. The Bertz CT molecular complexity index is 854. The van der Waals surface area contributed by atoms with Gasteiger partial charge in [0.1, 0.15) is 0 Å². The van der Waals surface area contributed by atoms with E-state index in [4.69, 9.17) is 9.47 Å². The van der Waals surface area contributed by atoms with E-state index in [-0.39, 0.29) is 18.0 Å². The number of rotatable bonds is 8. The van der Waals surface area contributed by atoms with Crippen LogP contribution in [0.5, 0.6) is 11.5 Å². The molecule has 0 aliphatic carbocycles. The molecule has 0 bridgehead atoms. The smallest absolute Gasteiger partial charge is 0.274 e. The van der Waals surface area contributed by atoms with Crippen LogP contribution in [0.1, 0.15) is 25.0 Å². The molecule has 0 fully saturated rings. The lowest BCUT2D eigenvalue weighted by molar-refractivity contribution is -0.385. The van der Waals surface area contributed by atoms with Gasteiger partial charge in [0.25, 0.3) is 5.69 Å². The lowest BCUT2D eigenvalue weighted by Crippen LogP contribution is -2.16. The van der Waals surface area contributed by atoms with Gasteiger partial charge in [0.2, 0.25) is 5.91 Å². The molecule has 0 radical (unpaired) electrons. The van der Waals surface area contributed by atoms with Crippen molar-refractivity contribution in [2.75, 3.05) is 18.5 Å². The van der Waals surface area contributed by atoms with Crippen molar-refractivity contribution in [3.8, 4) is 11.5 Å². The van der Waals surface area contributed by atoms with Gasteiger partial charge < -0.3 is 14.8 Å². The molecule has 0 heterocycles. The topological polar surface area (TPSA) is 90.7 Å². The van der Waals surface area contributed by atoms with Gasteiger partial charge >= 0.3 is 0 Å². The Morgan fingerprint density at radius 3 is 2.41 bits per heavy atom. The lowest BCUT2D eigenvalue weighted by atomic mass is 10.1. The normalized spacial score (nSPS) is 10.4. The van der Waals surface area contributed by atoms with Crippen LogP contribution in [0.4, 0.5) is 11.4 Å². The van der Waals surface area contributed by atoms with E-state index in [9.17, 15) is 14.9 Å². The Hall–Kier alpha value is -2.61. The van der Waals surface area contributed by atoms with Crippen molar-refractivity contribution in [2.45, 2.75) is 27.2 Å². The minimum Gasteiger partial charge on any atom is -0.490 e. The molecule has 0 saturated carbocycles. The molecule has 2 aromatic rings. The van der Waals surface area contributed by atoms with E-state index in [1.165, 1.54) is 6.07 Å². The number of nitrogens with zero attached hydrogens (tertiary/aromatic N) is 1. The lowest BCUT2D eigenvalue weighted by Gasteiger charge is -2.14. The van der Waals surface area contributed by atoms with Gasteiger partial charge in [-0.1, -0.05) is 22.0 Å². The van der Waals surface area contributed by atoms with Crippen molar-refractivity contribution in [3.05, 3.63) is 56.0 Å². The number of nitro benzene ring substituents is 1. The van der Waals surface area contributed by atoms with Gasteiger partial charge in [-0.15, -0.1) is 0 Å². The number of nitrogens with one attached hydrogen (secondary N) is 1. The molecule has 0 unspecified atom stereocenters. The molecule has 0 spiro atoms. The fourth-order valence-corrected chi connectivity index (χ4v) is 3.04. The molecule has 144 valence electrons. The third-order valence-electron chi connectivity index (χ3n) is 3.84. The van der Waals surface area contributed by atoms with Crippen molar-refractivity contribution < 1.29 is 19.2 Å². The highest BCUT2D eigenvalue weighted by molar-refractivity contribution is 9.10. The summed E-state index contributed by atoms with van der Waals surface area (Å²) >= 11 is 3.46. The molecule has 8 heteroatoms. The number of anilines is 1. The number of hydrogen-bond acceptors (Lipinski definition) is 5. The van der Waals surface area contributed by atoms with E-state index in [1.54, 1.807) is 31.2 Å². The number of halogens is 1. The summed E-state index contributed by atoms with van der Waals surface area (Å²) in [6, 6.07) is 8.12. The summed E-state index contributed by atoms with van der Waals surface area (Å²) in [5.41, 5.74) is 1.52. The highest BCUT2D eigenvalue weighted by Gasteiger charge is 2.17. The molecule has 7 nitrogen and oxygen atoms in total. The maximum absolute atomic E-state index is 12.5. The summed E-state index contributed by atoms with van der Waals surface area (Å²) in [5, 5.41) is 13.8. The maximum atomic E-state index is 12.5.